The van der Waals surface area contributed by atoms with Gasteiger partial charge in [-0.25, -0.2) is 0 Å². The van der Waals surface area contributed by atoms with Gasteiger partial charge in [-0.2, -0.15) is 0 Å². The van der Waals surface area contributed by atoms with E-state index >= 15 is 0 Å². The summed E-state index contributed by atoms with van der Waals surface area (Å²) in [6.45, 7) is 11.6. The molecule has 1 saturated heterocycles. The number of nitrogens with two attached hydrogens (primary N) is 1. The maximum atomic E-state index is 6.28. The number of hydrogen-bond acceptors (Lipinski definition) is 4. The molecule has 1 unspecified atom stereocenters. The molecule has 5 heteroatoms. The van der Waals surface area contributed by atoms with Crippen LogP contribution in [0, 0.1) is 0 Å². The lowest BCUT2D eigenvalue weighted by Crippen LogP contribution is -2.49. The Morgan fingerprint density at radius 3 is 2.68 bits per heavy atom. The van der Waals surface area contributed by atoms with Crippen LogP contribution in [0.2, 0.25) is 5.02 Å². The molecule has 0 aliphatic carbocycles. The lowest BCUT2D eigenvalue weighted by molar-refractivity contribution is 0.0986. The zero-order valence-electron chi connectivity index (χ0n) is 15.7. The van der Waals surface area contributed by atoms with Crippen LogP contribution in [0.15, 0.2) is 36.0 Å². The minimum absolute atomic E-state index is 0.578. The van der Waals surface area contributed by atoms with Crippen molar-refractivity contribution in [3.05, 3.63) is 46.6 Å². The predicted octanol–water partition coefficient (Wildman–Crippen LogP) is 3.08. The number of halogens is 1. The van der Waals surface area contributed by atoms with E-state index in [9.17, 15) is 0 Å². The monoisotopic (exact) mass is 364 g/mol. The predicted molar refractivity (Wildman–Crippen MR) is 108 cm³/mol. The molecular formula is C20H33ClN4. The fourth-order valence-corrected chi connectivity index (χ4v) is 3.38. The van der Waals surface area contributed by atoms with Gasteiger partial charge < -0.3 is 11.1 Å². The number of rotatable bonds is 9. The highest BCUT2D eigenvalue weighted by molar-refractivity contribution is 6.31. The van der Waals surface area contributed by atoms with Gasteiger partial charge in [-0.05, 0) is 44.9 Å². The standard InChI is InChI=1S/C20H33ClN4/c1-17(23-11-5-10-22)8-9-18(2)25-14-12-24(13-15-25)16-19-6-3-4-7-20(19)21/h3-4,6-8,18,23H,5,9-16,22H2,1-2H3/b17-8+. The number of hydrogen-bond donors (Lipinski definition) is 2. The van der Waals surface area contributed by atoms with Crippen molar-refractivity contribution in [3.8, 4) is 0 Å². The Hall–Kier alpha value is -1.07. The van der Waals surface area contributed by atoms with Gasteiger partial charge in [-0.15, -0.1) is 0 Å². The fourth-order valence-electron chi connectivity index (χ4n) is 3.19. The summed E-state index contributed by atoms with van der Waals surface area (Å²) in [7, 11) is 0. The first-order valence-electron chi connectivity index (χ1n) is 9.40. The summed E-state index contributed by atoms with van der Waals surface area (Å²) < 4.78 is 0. The van der Waals surface area contributed by atoms with Gasteiger partial charge in [0.15, 0.2) is 0 Å². The normalized spacial score (nSPS) is 18.3. The minimum atomic E-state index is 0.578. The van der Waals surface area contributed by atoms with Gasteiger partial charge in [-0.1, -0.05) is 35.9 Å². The molecule has 0 saturated carbocycles. The molecule has 1 aromatic rings. The number of nitrogens with zero attached hydrogens (tertiary/aromatic N) is 2. The Balaban J connectivity index is 1.72. The largest absolute Gasteiger partial charge is 0.389 e. The van der Waals surface area contributed by atoms with Gasteiger partial charge in [0.25, 0.3) is 0 Å². The van der Waals surface area contributed by atoms with Gasteiger partial charge in [0.2, 0.25) is 0 Å². The Morgan fingerprint density at radius 1 is 1.28 bits per heavy atom. The summed E-state index contributed by atoms with van der Waals surface area (Å²) in [5.74, 6) is 0. The highest BCUT2D eigenvalue weighted by Gasteiger charge is 2.20. The highest BCUT2D eigenvalue weighted by Crippen LogP contribution is 2.18. The van der Waals surface area contributed by atoms with Crippen molar-refractivity contribution < 1.29 is 0 Å². The van der Waals surface area contributed by atoms with Gasteiger partial charge >= 0.3 is 0 Å². The lowest BCUT2D eigenvalue weighted by Gasteiger charge is -2.38. The number of benzene rings is 1. The molecule has 1 atom stereocenters. The number of nitrogens with one attached hydrogen (secondary N) is 1. The van der Waals surface area contributed by atoms with Crippen molar-refractivity contribution in [2.24, 2.45) is 5.73 Å². The average molecular weight is 365 g/mol. The molecule has 1 heterocycles. The molecule has 25 heavy (non-hydrogen) atoms. The van der Waals surface area contributed by atoms with Crippen molar-refractivity contribution in [1.29, 1.82) is 0 Å². The first-order valence-corrected chi connectivity index (χ1v) is 9.78. The van der Waals surface area contributed by atoms with Crippen LogP contribution in [0.1, 0.15) is 32.3 Å². The van der Waals surface area contributed by atoms with Crippen LogP contribution in [0.4, 0.5) is 0 Å². The molecule has 1 aliphatic rings. The molecule has 0 aromatic heterocycles. The van der Waals surface area contributed by atoms with Gasteiger partial charge in [0.1, 0.15) is 0 Å². The molecular weight excluding hydrogens is 332 g/mol. The second kappa shape index (κ2) is 10.8. The molecule has 3 N–H and O–H groups in total. The van der Waals surface area contributed by atoms with Crippen LogP contribution in [0.5, 0.6) is 0 Å². The summed E-state index contributed by atoms with van der Waals surface area (Å²) in [5.41, 5.74) is 8.02. The van der Waals surface area contributed by atoms with Crippen LogP contribution >= 0.6 is 11.6 Å². The van der Waals surface area contributed by atoms with Crippen LogP contribution in [-0.2, 0) is 6.54 Å². The zero-order valence-corrected chi connectivity index (χ0v) is 16.4. The van der Waals surface area contributed by atoms with Crippen molar-refractivity contribution in [2.45, 2.75) is 39.3 Å². The third kappa shape index (κ3) is 6.98. The van der Waals surface area contributed by atoms with E-state index < -0.39 is 0 Å². The van der Waals surface area contributed by atoms with E-state index in [1.165, 1.54) is 11.3 Å². The first kappa shape index (κ1) is 20.2. The Bertz CT molecular complexity index is 538. The highest BCUT2D eigenvalue weighted by atomic mass is 35.5. The van der Waals surface area contributed by atoms with E-state index in [0.717, 1.165) is 63.7 Å². The Morgan fingerprint density at radius 2 is 2.00 bits per heavy atom. The summed E-state index contributed by atoms with van der Waals surface area (Å²) in [4.78, 5) is 5.09. The third-order valence-corrected chi connectivity index (χ3v) is 5.30. The van der Waals surface area contributed by atoms with E-state index in [2.05, 4.69) is 47.2 Å². The van der Waals surface area contributed by atoms with Crippen LogP contribution in [-0.4, -0.2) is 55.1 Å². The molecule has 0 spiro atoms. The Kier molecular flexibility index (Phi) is 8.76. The second-order valence-corrected chi connectivity index (χ2v) is 7.35. The summed E-state index contributed by atoms with van der Waals surface area (Å²) >= 11 is 6.28. The molecule has 1 aromatic carbocycles. The quantitative estimate of drug-likeness (QED) is 0.661. The van der Waals surface area contributed by atoms with E-state index in [1.54, 1.807) is 0 Å². The smallest absolute Gasteiger partial charge is 0.0451 e. The van der Waals surface area contributed by atoms with Crippen LogP contribution in [0.25, 0.3) is 0 Å². The molecule has 2 rings (SSSR count). The summed E-state index contributed by atoms with van der Waals surface area (Å²) in [6.07, 6.45) is 4.43. The van der Waals surface area contributed by atoms with Crippen molar-refractivity contribution in [2.75, 3.05) is 39.3 Å². The molecule has 4 nitrogen and oxygen atoms in total. The van der Waals surface area contributed by atoms with E-state index in [-0.39, 0.29) is 0 Å². The number of allylic oxidation sites excluding steroid dienone is 1. The minimum Gasteiger partial charge on any atom is -0.389 e. The number of piperazine rings is 1. The van der Waals surface area contributed by atoms with Crippen LogP contribution < -0.4 is 11.1 Å². The van der Waals surface area contributed by atoms with Crippen molar-refractivity contribution in [1.82, 2.24) is 15.1 Å². The SMILES string of the molecule is C/C(=C\CC(C)N1CCN(Cc2ccccc2Cl)CC1)NCCCN. The van der Waals surface area contributed by atoms with Gasteiger partial charge in [0, 0.05) is 56.0 Å². The van der Waals surface area contributed by atoms with E-state index in [1.807, 2.05) is 12.1 Å². The van der Waals surface area contributed by atoms with E-state index in [4.69, 9.17) is 17.3 Å². The lowest BCUT2D eigenvalue weighted by atomic mass is 10.1. The topological polar surface area (TPSA) is 44.5 Å². The van der Waals surface area contributed by atoms with Crippen molar-refractivity contribution >= 4 is 11.6 Å². The zero-order chi connectivity index (χ0) is 18.1. The molecule has 1 fully saturated rings. The van der Waals surface area contributed by atoms with Crippen molar-refractivity contribution in [3.63, 3.8) is 0 Å². The maximum absolute atomic E-state index is 6.28. The second-order valence-electron chi connectivity index (χ2n) is 6.94. The average Bonchev–Trinajstić information content (AvgIpc) is 2.62. The first-order chi connectivity index (χ1) is 12.1. The maximum Gasteiger partial charge on any atom is 0.0451 e. The Labute approximate surface area is 158 Å². The molecule has 140 valence electrons. The third-order valence-electron chi connectivity index (χ3n) is 4.93. The summed E-state index contributed by atoms with van der Waals surface area (Å²) in [6, 6.07) is 8.74. The van der Waals surface area contributed by atoms with Gasteiger partial charge in [-0.3, -0.25) is 9.80 Å². The summed E-state index contributed by atoms with van der Waals surface area (Å²) in [5, 5.41) is 4.30. The van der Waals surface area contributed by atoms with Crippen LogP contribution in [0.3, 0.4) is 0 Å². The molecule has 0 bridgehead atoms. The van der Waals surface area contributed by atoms with E-state index in [0.29, 0.717) is 6.04 Å². The molecule has 1 aliphatic heterocycles. The fraction of sp³-hybridized carbons (Fsp3) is 0.600. The molecule has 0 amide bonds. The van der Waals surface area contributed by atoms with Gasteiger partial charge in [0.05, 0.1) is 0 Å². The molecule has 0 radical (unpaired) electrons.